The molecule has 2 atom stereocenters. The molecule has 2 aromatic rings. The Hall–Kier alpha value is -3.62. The van der Waals surface area contributed by atoms with E-state index in [-0.39, 0.29) is 18.0 Å². The average molecular weight is 595 g/mol. The van der Waals surface area contributed by atoms with E-state index in [1.165, 1.54) is 0 Å². The third-order valence-electron chi connectivity index (χ3n) is 7.13. The summed E-state index contributed by atoms with van der Waals surface area (Å²) in [7, 11) is 5.72. The van der Waals surface area contributed by atoms with Crippen molar-refractivity contribution in [2.75, 3.05) is 33.1 Å². The SMILES string of the molecule is C=C/C(NC(=O)C1CCCC(C2=NN=C(c3cc(Cl)ccc3OCC)C2)N1C)=C(/C)NC.CC.CNc1ccccc1. The minimum Gasteiger partial charge on any atom is -0.493 e. The highest BCUT2D eigenvalue weighted by molar-refractivity contribution is 6.31. The number of carbonyl (C=O) groups excluding carboxylic acids is 1. The Bertz CT molecular complexity index is 1260. The fraction of sp³-hybridized carbons (Fsp3) is 0.424. The van der Waals surface area contributed by atoms with E-state index in [4.69, 9.17) is 16.3 Å². The number of likely N-dealkylation sites (tertiary alicyclic amines) is 1. The number of benzene rings is 2. The van der Waals surface area contributed by atoms with Crippen LogP contribution in [0.2, 0.25) is 5.02 Å². The van der Waals surface area contributed by atoms with Gasteiger partial charge in [-0.05, 0) is 76.6 Å². The van der Waals surface area contributed by atoms with Gasteiger partial charge in [0.2, 0.25) is 5.91 Å². The zero-order chi connectivity index (χ0) is 31.1. The van der Waals surface area contributed by atoms with E-state index in [2.05, 4.69) is 37.6 Å². The lowest BCUT2D eigenvalue weighted by Crippen LogP contribution is -2.54. The lowest BCUT2D eigenvalue weighted by Gasteiger charge is -2.38. The number of carbonyl (C=O) groups is 1. The largest absolute Gasteiger partial charge is 0.493 e. The molecule has 228 valence electrons. The standard InChI is InChI=1S/C24H32ClN5O2.C7H9N.C2H6/c1-6-18(15(3)26-4)27-24(31)22-10-8-9-21(30(22)5)20-14-19(28-29-20)17-13-16(25)11-12-23(17)32-7-2;1-8-7-5-3-2-4-6-7;1-2/h6,11-13,21-22,26H,1,7-10,14H2,2-5H3,(H,27,31);2-6,8H,1H3;1-2H3/b18-15+;;. The van der Waals surface area contributed by atoms with Crippen molar-refractivity contribution in [1.29, 1.82) is 0 Å². The number of piperidine rings is 1. The summed E-state index contributed by atoms with van der Waals surface area (Å²) in [6.07, 6.45) is 4.95. The Morgan fingerprint density at radius 3 is 2.45 bits per heavy atom. The first-order valence-electron chi connectivity index (χ1n) is 14.7. The molecule has 8 nitrogen and oxygen atoms in total. The fourth-order valence-electron chi connectivity index (χ4n) is 4.81. The van der Waals surface area contributed by atoms with Crippen LogP contribution >= 0.6 is 11.6 Å². The monoisotopic (exact) mass is 594 g/mol. The molecule has 1 saturated heterocycles. The number of anilines is 1. The number of nitrogens with one attached hydrogen (secondary N) is 3. The van der Waals surface area contributed by atoms with Crippen LogP contribution in [0.1, 0.15) is 58.9 Å². The predicted molar refractivity (Wildman–Crippen MR) is 178 cm³/mol. The molecule has 0 spiro atoms. The Morgan fingerprint density at radius 2 is 1.86 bits per heavy atom. The van der Waals surface area contributed by atoms with Gasteiger partial charge < -0.3 is 20.7 Å². The van der Waals surface area contributed by atoms with E-state index in [9.17, 15) is 4.79 Å². The first-order chi connectivity index (χ1) is 20.3. The summed E-state index contributed by atoms with van der Waals surface area (Å²) in [6.45, 7) is 12.2. The van der Waals surface area contributed by atoms with Crippen LogP contribution in [0.25, 0.3) is 0 Å². The van der Waals surface area contributed by atoms with Gasteiger partial charge in [0.15, 0.2) is 0 Å². The molecule has 2 aliphatic rings. The zero-order valence-corrected chi connectivity index (χ0v) is 26.9. The topological polar surface area (TPSA) is 90.3 Å². The maximum Gasteiger partial charge on any atom is 0.241 e. The summed E-state index contributed by atoms with van der Waals surface area (Å²) in [5.74, 6) is 0.722. The van der Waals surface area contributed by atoms with Gasteiger partial charge in [-0.3, -0.25) is 9.69 Å². The van der Waals surface area contributed by atoms with Gasteiger partial charge >= 0.3 is 0 Å². The van der Waals surface area contributed by atoms with Crippen molar-refractivity contribution in [2.45, 2.75) is 65.5 Å². The lowest BCUT2D eigenvalue weighted by molar-refractivity contribution is -0.126. The Labute approximate surface area is 257 Å². The molecule has 0 aromatic heterocycles. The van der Waals surface area contributed by atoms with Gasteiger partial charge in [-0.2, -0.15) is 10.2 Å². The summed E-state index contributed by atoms with van der Waals surface area (Å²) < 4.78 is 5.76. The Balaban J connectivity index is 0.000000525. The molecule has 1 amide bonds. The van der Waals surface area contributed by atoms with Crippen molar-refractivity contribution in [2.24, 2.45) is 10.2 Å². The molecule has 42 heavy (non-hydrogen) atoms. The molecule has 4 rings (SSSR count). The minimum atomic E-state index is -0.245. The quantitative estimate of drug-likeness (QED) is 0.283. The van der Waals surface area contributed by atoms with Crippen LogP contribution in [0, 0.1) is 0 Å². The average Bonchev–Trinajstić information content (AvgIpc) is 3.52. The number of nitrogens with zero attached hydrogens (tertiary/aromatic N) is 3. The number of para-hydroxylation sites is 1. The van der Waals surface area contributed by atoms with Gasteiger partial charge in [0, 0.05) is 42.5 Å². The molecule has 2 aromatic carbocycles. The van der Waals surface area contributed by atoms with Crippen LogP contribution in [-0.2, 0) is 4.79 Å². The van der Waals surface area contributed by atoms with Crippen molar-refractivity contribution >= 4 is 34.6 Å². The van der Waals surface area contributed by atoms with Gasteiger partial charge in [-0.15, -0.1) is 0 Å². The molecule has 0 bridgehead atoms. The van der Waals surface area contributed by atoms with E-state index in [1.807, 2.05) is 97.4 Å². The van der Waals surface area contributed by atoms with Crippen LogP contribution in [0.3, 0.4) is 0 Å². The normalized spacial score (nSPS) is 18.5. The Morgan fingerprint density at radius 1 is 1.14 bits per heavy atom. The highest BCUT2D eigenvalue weighted by atomic mass is 35.5. The number of likely N-dealkylation sites (N-methyl/N-ethyl adjacent to an activating group) is 1. The molecular weight excluding hydrogens is 548 g/mol. The molecule has 0 saturated carbocycles. The molecule has 0 radical (unpaired) electrons. The van der Waals surface area contributed by atoms with Crippen molar-refractivity contribution in [3.05, 3.63) is 83.2 Å². The molecule has 1 fully saturated rings. The summed E-state index contributed by atoms with van der Waals surface area (Å²) in [4.78, 5) is 15.2. The second kappa shape index (κ2) is 18.0. The highest BCUT2D eigenvalue weighted by Crippen LogP contribution is 2.30. The van der Waals surface area contributed by atoms with Crippen LogP contribution in [0.4, 0.5) is 5.69 Å². The van der Waals surface area contributed by atoms with Crippen LogP contribution in [0.15, 0.2) is 82.8 Å². The first-order valence-corrected chi connectivity index (χ1v) is 15.0. The van der Waals surface area contributed by atoms with Gasteiger partial charge in [-0.1, -0.05) is 50.2 Å². The number of allylic oxidation sites excluding steroid dienone is 2. The molecule has 9 heteroatoms. The highest BCUT2D eigenvalue weighted by Gasteiger charge is 2.36. The van der Waals surface area contributed by atoms with Crippen molar-refractivity contribution < 1.29 is 9.53 Å². The molecule has 3 N–H and O–H groups in total. The number of hydrogen-bond acceptors (Lipinski definition) is 7. The van der Waals surface area contributed by atoms with Crippen molar-refractivity contribution in [1.82, 2.24) is 15.5 Å². The third kappa shape index (κ3) is 9.46. The fourth-order valence-corrected chi connectivity index (χ4v) is 4.98. The minimum absolute atomic E-state index is 0.0325. The number of amides is 1. The van der Waals surface area contributed by atoms with Gasteiger partial charge in [0.25, 0.3) is 0 Å². The number of hydrogen-bond donors (Lipinski definition) is 3. The van der Waals surface area contributed by atoms with Crippen LogP contribution in [-0.4, -0.2) is 62.1 Å². The zero-order valence-electron chi connectivity index (χ0n) is 26.1. The lowest BCUT2D eigenvalue weighted by atomic mass is 9.90. The van der Waals surface area contributed by atoms with E-state index < -0.39 is 0 Å². The van der Waals surface area contributed by atoms with Gasteiger partial charge in [-0.25, -0.2) is 0 Å². The molecule has 2 aliphatic heterocycles. The van der Waals surface area contributed by atoms with Gasteiger partial charge in [0.05, 0.1) is 35.8 Å². The van der Waals surface area contributed by atoms with E-state index in [1.54, 1.807) is 6.08 Å². The summed E-state index contributed by atoms with van der Waals surface area (Å²) in [6, 6.07) is 15.4. The molecule has 2 heterocycles. The molecule has 2 unspecified atom stereocenters. The van der Waals surface area contributed by atoms with Crippen LogP contribution < -0.4 is 20.7 Å². The third-order valence-corrected chi connectivity index (χ3v) is 7.36. The summed E-state index contributed by atoms with van der Waals surface area (Å²) >= 11 is 6.23. The Kier molecular flexibility index (Phi) is 14.8. The van der Waals surface area contributed by atoms with E-state index in [0.29, 0.717) is 23.7 Å². The number of ether oxygens (including phenoxy) is 1. The summed E-state index contributed by atoms with van der Waals surface area (Å²) in [5, 5.41) is 18.7. The maximum absolute atomic E-state index is 13.0. The van der Waals surface area contributed by atoms with Crippen molar-refractivity contribution in [3.8, 4) is 5.75 Å². The number of rotatable bonds is 9. The van der Waals surface area contributed by atoms with Crippen molar-refractivity contribution in [3.63, 3.8) is 0 Å². The van der Waals surface area contributed by atoms with E-state index in [0.717, 1.165) is 53.4 Å². The number of halogens is 1. The predicted octanol–water partition coefficient (Wildman–Crippen LogP) is 6.65. The maximum atomic E-state index is 13.0. The van der Waals surface area contributed by atoms with Gasteiger partial charge in [0.1, 0.15) is 5.75 Å². The second-order valence-electron chi connectivity index (χ2n) is 9.61. The molecular formula is C33H47ClN6O2. The first kappa shape index (κ1) is 34.6. The smallest absolute Gasteiger partial charge is 0.241 e. The van der Waals surface area contributed by atoms with Crippen LogP contribution in [0.5, 0.6) is 5.75 Å². The summed E-state index contributed by atoms with van der Waals surface area (Å²) in [5.41, 5.74) is 5.40. The van der Waals surface area contributed by atoms with E-state index >= 15 is 0 Å². The molecule has 0 aliphatic carbocycles. The second-order valence-corrected chi connectivity index (χ2v) is 10.1.